The van der Waals surface area contributed by atoms with Crippen LogP contribution in [0.1, 0.15) is 44.3 Å². The summed E-state index contributed by atoms with van der Waals surface area (Å²) in [5.74, 6) is 2.32. The maximum Gasteiger partial charge on any atom is 0.198 e. The predicted molar refractivity (Wildman–Crippen MR) is 66.2 cm³/mol. The summed E-state index contributed by atoms with van der Waals surface area (Å²) >= 11 is 6.00. The average Bonchev–Trinajstić information content (AvgIpc) is 2.74. The Bertz CT molecular complexity index is 536. The zero-order chi connectivity index (χ0) is 11.8. The normalized spacial score (nSPS) is 25.3. The number of aromatic nitrogens is 4. The molecule has 2 aromatic heterocycles. The van der Waals surface area contributed by atoms with Gasteiger partial charge in [0.15, 0.2) is 10.8 Å². The maximum atomic E-state index is 6.00. The molecule has 1 fully saturated rings. The molecule has 0 saturated heterocycles. The summed E-state index contributed by atoms with van der Waals surface area (Å²) in [6.07, 6.45) is 8.60. The van der Waals surface area contributed by atoms with E-state index in [-0.39, 0.29) is 0 Å². The molecule has 5 heteroatoms. The van der Waals surface area contributed by atoms with E-state index in [1.54, 1.807) is 6.20 Å². The fourth-order valence-corrected chi connectivity index (χ4v) is 2.95. The Morgan fingerprint density at radius 3 is 3.06 bits per heavy atom. The van der Waals surface area contributed by atoms with E-state index in [1.165, 1.54) is 25.7 Å². The van der Waals surface area contributed by atoms with E-state index in [1.807, 2.05) is 10.6 Å². The lowest BCUT2D eigenvalue weighted by molar-refractivity contribution is 0.334. The van der Waals surface area contributed by atoms with Crippen molar-refractivity contribution in [3.05, 3.63) is 23.4 Å². The summed E-state index contributed by atoms with van der Waals surface area (Å²) in [5.41, 5.74) is 0.669. The molecule has 17 heavy (non-hydrogen) atoms. The van der Waals surface area contributed by atoms with E-state index in [4.69, 9.17) is 11.6 Å². The van der Waals surface area contributed by atoms with Crippen LogP contribution in [0.15, 0.2) is 12.4 Å². The van der Waals surface area contributed by atoms with Crippen LogP contribution in [-0.2, 0) is 0 Å². The van der Waals surface area contributed by atoms with E-state index in [0.29, 0.717) is 16.7 Å². The van der Waals surface area contributed by atoms with Crippen molar-refractivity contribution in [2.24, 2.45) is 5.92 Å². The Kier molecular flexibility index (Phi) is 2.74. The third-order valence-corrected chi connectivity index (χ3v) is 3.88. The Morgan fingerprint density at radius 1 is 1.35 bits per heavy atom. The lowest BCUT2D eigenvalue weighted by atomic mass is 9.82. The molecule has 1 aliphatic rings. The van der Waals surface area contributed by atoms with Crippen molar-refractivity contribution in [3.8, 4) is 0 Å². The van der Waals surface area contributed by atoms with Crippen molar-refractivity contribution >= 4 is 17.2 Å². The van der Waals surface area contributed by atoms with Crippen LogP contribution >= 0.6 is 11.6 Å². The van der Waals surface area contributed by atoms with E-state index < -0.39 is 0 Å². The Balaban J connectivity index is 2.02. The Morgan fingerprint density at radius 2 is 2.24 bits per heavy atom. The molecule has 0 amide bonds. The first-order valence-electron chi connectivity index (χ1n) is 6.11. The first kappa shape index (κ1) is 11.0. The predicted octanol–water partition coefficient (Wildman–Crippen LogP) is 3.07. The van der Waals surface area contributed by atoms with Gasteiger partial charge in [-0.05, 0) is 18.8 Å². The topological polar surface area (TPSA) is 43.1 Å². The zero-order valence-electron chi connectivity index (χ0n) is 9.80. The summed E-state index contributed by atoms with van der Waals surface area (Å²) in [6, 6.07) is 0. The second-order valence-corrected chi connectivity index (χ2v) is 5.30. The fraction of sp³-hybridized carbons (Fsp3) is 0.583. The van der Waals surface area contributed by atoms with Gasteiger partial charge < -0.3 is 0 Å². The SMILES string of the molecule is C[C@@H]1CCC[C@H](c2nnc3c(Cl)nccn23)C1. The molecule has 1 saturated carbocycles. The van der Waals surface area contributed by atoms with Crippen LogP contribution in [0.3, 0.4) is 0 Å². The van der Waals surface area contributed by atoms with Gasteiger partial charge in [-0.2, -0.15) is 0 Å². The number of rotatable bonds is 1. The van der Waals surface area contributed by atoms with E-state index in [2.05, 4.69) is 22.1 Å². The summed E-state index contributed by atoms with van der Waals surface area (Å²) in [5, 5.41) is 8.87. The molecule has 3 rings (SSSR count). The molecule has 2 heterocycles. The van der Waals surface area contributed by atoms with Gasteiger partial charge in [0.2, 0.25) is 0 Å². The highest BCUT2D eigenvalue weighted by Crippen LogP contribution is 2.35. The van der Waals surface area contributed by atoms with Crippen LogP contribution in [-0.4, -0.2) is 19.6 Å². The van der Waals surface area contributed by atoms with Gasteiger partial charge >= 0.3 is 0 Å². The minimum Gasteiger partial charge on any atom is -0.282 e. The van der Waals surface area contributed by atoms with Gasteiger partial charge in [-0.25, -0.2) is 4.98 Å². The van der Waals surface area contributed by atoms with Gasteiger partial charge in [-0.15, -0.1) is 10.2 Å². The first-order valence-corrected chi connectivity index (χ1v) is 6.48. The number of fused-ring (bicyclic) bond motifs is 1. The number of halogens is 1. The van der Waals surface area contributed by atoms with Crippen LogP contribution in [0.5, 0.6) is 0 Å². The van der Waals surface area contributed by atoms with Gasteiger partial charge in [0, 0.05) is 18.3 Å². The van der Waals surface area contributed by atoms with Crippen LogP contribution in [0, 0.1) is 5.92 Å². The van der Waals surface area contributed by atoms with Crippen molar-refractivity contribution in [3.63, 3.8) is 0 Å². The molecular formula is C12H15ClN4. The second kappa shape index (κ2) is 4.26. The highest BCUT2D eigenvalue weighted by Gasteiger charge is 2.24. The molecule has 0 aliphatic heterocycles. The van der Waals surface area contributed by atoms with Gasteiger partial charge in [0.05, 0.1) is 0 Å². The minimum absolute atomic E-state index is 0.426. The highest BCUT2D eigenvalue weighted by atomic mass is 35.5. The summed E-state index contributed by atoms with van der Waals surface area (Å²) in [6.45, 7) is 2.31. The number of nitrogens with zero attached hydrogens (tertiary/aromatic N) is 4. The molecule has 0 N–H and O–H groups in total. The molecule has 0 unspecified atom stereocenters. The molecule has 2 aromatic rings. The summed E-state index contributed by atoms with van der Waals surface area (Å²) in [4.78, 5) is 4.02. The monoisotopic (exact) mass is 250 g/mol. The van der Waals surface area contributed by atoms with E-state index in [9.17, 15) is 0 Å². The van der Waals surface area contributed by atoms with Crippen LogP contribution in [0.4, 0.5) is 0 Å². The standard InChI is InChI=1S/C12H15ClN4/c1-8-3-2-4-9(7-8)11-15-16-12-10(13)14-5-6-17(11)12/h5-6,8-9H,2-4,7H2,1H3/t8-,9+/m1/s1. The third kappa shape index (κ3) is 1.90. The second-order valence-electron chi connectivity index (χ2n) is 4.94. The molecule has 2 atom stereocenters. The van der Waals surface area contributed by atoms with Crippen molar-refractivity contribution < 1.29 is 0 Å². The number of hydrogen-bond donors (Lipinski definition) is 0. The minimum atomic E-state index is 0.426. The Hall–Kier alpha value is -1.16. The molecular weight excluding hydrogens is 236 g/mol. The van der Waals surface area contributed by atoms with Crippen LogP contribution < -0.4 is 0 Å². The van der Waals surface area contributed by atoms with Crippen LogP contribution in [0.2, 0.25) is 5.15 Å². The number of hydrogen-bond acceptors (Lipinski definition) is 3. The van der Waals surface area contributed by atoms with Crippen molar-refractivity contribution in [2.75, 3.05) is 0 Å². The summed E-state index contributed by atoms with van der Waals surface area (Å²) in [7, 11) is 0. The third-order valence-electron chi connectivity index (χ3n) is 3.61. The average molecular weight is 251 g/mol. The van der Waals surface area contributed by atoms with Gasteiger partial charge in [0.25, 0.3) is 0 Å². The smallest absolute Gasteiger partial charge is 0.198 e. The van der Waals surface area contributed by atoms with E-state index >= 15 is 0 Å². The largest absolute Gasteiger partial charge is 0.282 e. The maximum absolute atomic E-state index is 6.00. The molecule has 0 radical (unpaired) electrons. The summed E-state index contributed by atoms with van der Waals surface area (Å²) < 4.78 is 1.98. The quantitative estimate of drug-likeness (QED) is 0.781. The molecule has 0 spiro atoms. The molecule has 0 aromatic carbocycles. The van der Waals surface area contributed by atoms with Crippen molar-refractivity contribution in [1.29, 1.82) is 0 Å². The lowest BCUT2D eigenvalue weighted by Gasteiger charge is -2.25. The lowest BCUT2D eigenvalue weighted by Crippen LogP contribution is -2.14. The van der Waals surface area contributed by atoms with Crippen molar-refractivity contribution in [1.82, 2.24) is 19.6 Å². The molecule has 4 nitrogen and oxygen atoms in total. The van der Waals surface area contributed by atoms with Gasteiger partial charge in [0.1, 0.15) is 5.82 Å². The zero-order valence-corrected chi connectivity index (χ0v) is 10.6. The van der Waals surface area contributed by atoms with Gasteiger partial charge in [-0.1, -0.05) is 31.4 Å². The molecule has 0 bridgehead atoms. The van der Waals surface area contributed by atoms with Crippen molar-refractivity contribution in [2.45, 2.75) is 38.5 Å². The van der Waals surface area contributed by atoms with E-state index in [0.717, 1.165) is 11.7 Å². The molecule has 1 aliphatic carbocycles. The fourth-order valence-electron chi connectivity index (χ4n) is 2.76. The Labute approximate surface area is 105 Å². The molecule has 90 valence electrons. The first-order chi connectivity index (χ1) is 8.25. The van der Waals surface area contributed by atoms with Crippen LogP contribution in [0.25, 0.3) is 5.65 Å². The van der Waals surface area contributed by atoms with Gasteiger partial charge in [-0.3, -0.25) is 4.40 Å². The highest BCUT2D eigenvalue weighted by molar-refractivity contribution is 6.32.